The van der Waals surface area contributed by atoms with Gasteiger partial charge in [0, 0.05) is 31.5 Å². The minimum Gasteiger partial charge on any atom is -0.367 e. The first-order valence-corrected chi connectivity index (χ1v) is 5.73. The highest BCUT2D eigenvalue weighted by atomic mass is 35.5. The Morgan fingerprint density at radius 3 is 2.60 bits per heavy atom. The first-order chi connectivity index (χ1) is 7.18. The molecular weight excluding hydrogens is 233 g/mol. The lowest BCUT2D eigenvalue weighted by atomic mass is 10.1. The van der Waals surface area contributed by atoms with Crippen LogP contribution in [0.5, 0.6) is 0 Å². The summed E-state index contributed by atoms with van der Waals surface area (Å²) in [5.74, 6) is 0. The summed E-state index contributed by atoms with van der Waals surface area (Å²) >= 11 is 12.2. The average Bonchev–Trinajstić information content (AvgIpc) is 2.17. The first-order valence-electron chi connectivity index (χ1n) is 4.98. The van der Waals surface area contributed by atoms with Crippen molar-refractivity contribution in [3.8, 4) is 0 Å². The van der Waals surface area contributed by atoms with E-state index in [4.69, 9.17) is 28.9 Å². The Kier molecular flexibility index (Phi) is 3.34. The maximum absolute atomic E-state index is 6.08. The lowest BCUT2D eigenvalue weighted by Gasteiger charge is -2.33. The number of aromatic nitrogens is 1. The Bertz CT molecular complexity index is 336. The molecule has 0 radical (unpaired) electrons. The Morgan fingerprint density at radius 1 is 1.33 bits per heavy atom. The number of hydrogen-bond acceptors (Lipinski definition) is 3. The third kappa shape index (κ3) is 2.36. The largest absolute Gasteiger partial charge is 0.367 e. The molecule has 1 aromatic rings. The minimum absolute atomic E-state index is 0.207. The van der Waals surface area contributed by atoms with E-state index < -0.39 is 0 Å². The van der Waals surface area contributed by atoms with Crippen LogP contribution in [0.15, 0.2) is 12.4 Å². The van der Waals surface area contributed by atoms with Gasteiger partial charge in [0.1, 0.15) is 0 Å². The van der Waals surface area contributed by atoms with Crippen molar-refractivity contribution in [2.45, 2.75) is 18.9 Å². The molecule has 0 aliphatic carbocycles. The Balaban J connectivity index is 2.28. The van der Waals surface area contributed by atoms with E-state index in [-0.39, 0.29) is 6.04 Å². The summed E-state index contributed by atoms with van der Waals surface area (Å²) in [5.41, 5.74) is 6.78. The van der Waals surface area contributed by atoms with Crippen LogP contribution in [-0.2, 0) is 0 Å². The van der Waals surface area contributed by atoms with Crippen LogP contribution in [0.4, 0.5) is 5.69 Å². The van der Waals surface area contributed by atoms with Crippen LogP contribution >= 0.6 is 23.2 Å². The third-order valence-corrected chi connectivity index (χ3v) is 3.16. The molecule has 82 valence electrons. The lowest BCUT2D eigenvalue weighted by molar-refractivity contribution is 0.506. The van der Waals surface area contributed by atoms with Gasteiger partial charge in [0.05, 0.1) is 15.7 Å². The number of halogens is 2. The monoisotopic (exact) mass is 245 g/mol. The van der Waals surface area contributed by atoms with Gasteiger partial charge in [-0.25, -0.2) is 0 Å². The molecule has 2 rings (SSSR count). The highest BCUT2D eigenvalue weighted by Crippen LogP contribution is 2.33. The molecule has 1 aliphatic heterocycles. The molecule has 0 spiro atoms. The van der Waals surface area contributed by atoms with Gasteiger partial charge in [-0.1, -0.05) is 23.2 Å². The van der Waals surface area contributed by atoms with E-state index in [2.05, 4.69) is 9.88 Å². The summed E-state index contributed by atoms with van der Waals surface area (Å²) in [6.07, 6.45) is 5.37. The van der Waals surface area contributed by atoms with Crippen molar-refractivity contribution in [3.05, 3.63) is 22.4 Å². The van der Waals surface area contributed by atoms with Gasteiger partial charge in [0.25, 0.3) is 0 Å². The SMILES string of the molecule is N[C@@H]1CCCN(c2c(Cl)cncc2Cl)C1. The van der Waals surface area contributed by atoms with Crippen LogP contribution in [0.2, 0.25) is 10.0 Å². The van der Waals surface area contributed by atoms with E-state index in [1.54, 1.807) is 12.4 Å². The summed E-state index contributed by atoms with van der Waals surface area (Å²) in [7, 11) is 0. The van der Waals surface area contributed by atoms with E-state index in [1.165, 1.54) is 0 Å². The zero-order chi connectivity index (χ0) is 10.8. The Labute approximate surface area is 99.2 Å². The number of nitrogens with two attached hydrogens (primary N) is 1. The average molecular weight is 246 g/mol. The van der Waals surface area contributed by atoms with Crippen molar-refractivity contribution in [3.63, 3.8) is 0 Å². The molecule has 1 aliphatic rings. The molecule has 2 heterocycles. The molecule has 1 fully saturated rings. The van der Waals surface area contributed by atoms with Crippen molar-refractivity contribution in [1.29, 1.82) is 0 Å². The van der Waals surface area contributed by atoms with Crippen LogP contribution in [0.25, 0.3) is 0 Å². The van der Waals surface area contributed by atoms with Crippen LogP contribution in [0.1, 0.15) is 12.8 Å². The van der Waals surface area contributed by atoms with E-state index in [0.29, 0.717) is 10.0 Å². The molecule has 15 heavy (non-hydrogen) atoms. The molecular formula is C10H13Cl2N3. The zero-order valence-electron chi connectivity index (χ0n) is 8.29. The van der Waals surface area contributed by atoms with E-state index >= 15 is 0 Å². The second kappa shape index (κ2) is 4.56. The number of nitrogens with zero attached hydrogens (tertiary/aromatic N) is 2. The van der Waals surface area contributed by atoms with Gasteiger partial charge >= 0.3 is 0 Å². The Hall–Kier alpha value is -0.510. The molecule has 2 N–H and O–H groups in total. The molecule has 0 bridgehead atoms. The highest BCUT2D eigenvalue weighted by molar-refractivity contribution is 6.38. The number of anilines is 1. The maximum Gasteiger partial charge on any atom is 0.0838 e. The first kappa shape index (κ1) is 11.0. The predicted octanol–water partition coefficient (Wildman–Crippen LogP) is 2.32. The van der Waals surface area contributed by atoms with Gasteiger partial charge in [-0.05, 0) is 12.8 Å². The van der Waals surface area contributed by atoms with Gasteiger partial charge < -0.3 is 10.6 Å². The molecule has 1 saturated heterocycles. The number of pyridine rings is 1. The molecule has 0 unspecified atom stereocenters. The summed E-state index contributed by atoms with van der Waals surface area (Å²) in [6.45, 7) is 1.76. The highest BCUT2D eigenvalue weighted by Gasteiger charge is 2.20. The molecule has 0 amide bonds. The van der Waals surface area contributed by atoms with E-state index in [9.17, 15) is 0 Å². The molecule has 5 heteroatoms. The second-order valence-corrected chi connectivity index (χ2v) is 4.61. The van der Waals surface area contributed by atoms with Gasteiger partial charge in [-0.3, -0.25) is 4.98 Å². The number of hydrogen-bond donors (Lipinski definition) is 1. The van der Waals surface area contributed by atoms with Gasteiger partial charge in [0.2, 0.25) is 0 Å². The predicted molar refractivity (Wildman–Crippen MR) is 63.7 cm³/mol. The van der Waals surface area contributed by atoms with Crippen molar-refractivity contribution >= 4 is 28.9 Å². The quantitative estimate of drug-likeness (QED) is 0.826. The molecule has 1 aromatic heterocycles. The van der Waals surface area contributed by atoms with Crippen molar-refractivity contribution in [1.82, 2.24) is 4.98 Å². The van der Waals surface area contributed by atoms with Crippen LogP contribution < -0.4 is 10.6 Å². The van der Waals surface area contributed by atoms with Gasteiger partial charge in [-0.15, -0.1) is 0 Å². The smallest absolute Gasteiger partial charge is 0.0838 e. The maximum atomic E-state index is 6.08. The van der Waals surface area contributed by atoms with E-state index in [0.717, 1.165) is 31.6 Å². The van der Waals surface area contributed by atoms with Crippen molar-refractivity contribution in [2.75, 3.05) is 18.0 Å². The fourth-order valence-electron chi connectivity index (χ4n) is 1.92. The van der Waals surface area contributed by atoms with Crippen molar-refractivity contribution < 1.29 is 0 Å². The normalized spacial score (nSPS) is 21.8. The number of piperidine rings is 1. The topological polar surface area (TPSA) is 42.1 Å². The number of rotatable bonds is 1. The summed E-state index contributed by atoms with van der Waals surface area (Å²) < 4.78 is 0. The third-order valence-electron chi connectivity index (χ3n) is 2.60. The van der Waals surface area contributed by atoms with Crippen molar-refractivity contribution in [2.24, 2.45) is 5.73 Å². The molecule has 0 saturated carbocycles. The standard InChI is InChI=1S/C10H13Cl2N3/c11-8-4-14-5-9(12)10(8)15-3-1-2-7(13)6-15/h4-5,7H,1-3,6,13H2/t7-/m1/s1. The van der Waals surface area contributed by atoms with Gasteiger partial charge in [0.15, 0.2) is 0 Å². The fourth-order valence-corrected chi connectivity index (χ4v) is 2.52. The Morgan fingerprint density at radius 2 is 2.00 bits per heavy atom. The summed E-state index contributed by atoms with van der Waals surface area (Å²) in [4.78, 5) is 6.08. The van der Waals surface area contributed by atoms with E-state index in [1.807, 2.05) is 0 Å². The van der Waals surface area contributed by atoms with Gasteiger partial charge in [-0.2, -0.15) is 0 Å². The van der Waals surface area contributed by atoms with Crippen LogP contribution in [0.3, 0.4) is 0 Å². The molecule has 3 nitrogen and oxygen atoms in total. The summed E-state index contributed by atoms with van der Waals surface area (Å²) in [6, 6.07) is 0.207. The lowest BCUT2D eigenvalue weighted by Crippen LogP contribution is -2.43. The minimum atomic E-state index is 0.207. The zero-order valence-corrected chi connectivity index (χ0v) is 9.80. The summed E-state index contributed by atoms with van der Waals surface area (Å²) in [5, 5.41) is 1.19. The molecule has 1 atom stereocenters. The second-order valence-electron chi connectivity index (χ2n) is 3.80. The fraction of sp³-hybridized carbons (Fsp3) is 0.500. The van der Waals surface area contributed by atoms with Crippen LogP contribution in [-0.4, -0.2) is 24.1 Å². The molecule has 0 aromatic carbocycles. The van der Waals surface area contributed by atoms with Crippen LogP contribution in [0, 0.1) is 0 Å².